The molecule has 5 nitrogen and oxygen atoms in total. The zero-order chi connectivity index (χ0) is 15.4. The summed E-state index contributed by atoms with van der Waals surface area (Å²) in [5.74, 6) is 0.815. The summed E-state index contributed by atoms with van der Waals surface area (Å²) in [5.41, 5.74) is 2.23. The van der Waals surface area contributed by atoms with E-state index in [0.717, 1.165) is 36.8 Å². The van der Waals surface area contributed by atoms with Crippen molar-refractivity contribution in [3.8, 4) is 0 Å². The number of likely N-dealkylation sites (tertiary alicyclic amines) is 1. The molecule has 0 bridgehead atoms. The van der Waals surface area contributed by atoms with Crippen LogP contribution in [0.3, 0.4) is 0 Å². The molecule has 116 valence electrons. The first-order valence-electron chi connectivity index (χ1n) is 7.86. The molecule has 1 aliphatic heterocycles. The molecule has 0 N–H and O–H groups in total. The van der Waals surface area contributed by atoms with Gasteiger partial charge in [-0.05, 0) is 44.0 Å². The van der Waals surface area contributed by atoms with E-state index in [2.05, 4.69) is 43.9 Å². The van der Waals surface area contributed by atoms with Crippen molar-refractivity contribution >= 4 is 5.95 Å². The molecule has 5 heteroatoms. The molecule has 0 amide bonds. The van der Waals surface area contributed by atoms with Crippen molar-refractivity contribution < 1.29 is 0 Å². The Hall–Kier alpha value is -2.01. The van der Waals surface area contributed by atoms with Gasteiger partial charge in [0.05, 0.1) is 5.69 Å². The number of aromatic nitrogens is 3. The zero-order valence-electron chi connectivity index (χ0n) is 13.3. The van der Waals surface area contributed by atoms with Gasteiger partial charge in [-0.2, -0.15) is 0 Å². The predicted octanol–water partition coefficient (Wildman–Crippen LogP) is 2.28. The molecule has 0 radical (unpaired) electrons. The van der Waals surface area contributed by atoms with Gasteiger partial charge in [0, 0.05) is 44.8 Å². The van der Waals surface area contributed by atoms with Crippen LogP contribution >= 0.6 is 0 Å². The number of anilines is 1. The molecule has 1 fully saturated rings. The summed E-state index contributed by atoms with van der Waals surface area (Å²) < 4.78 is 0. The molecular formula is C17H23N5. The molecule has 22 heavy (non-hydrogen) atoms. The molecule has 0 saturated carbocycles. The van der Waals surface area contributed by atoms with Gasteiger partial charge < -0.3 is 4.90 Å². The number of hydrogen-bond acceptors (Lipinski definition) is 5. The molecule has 0 aromatic carbocycles. The van der Waals surface area contributed by atoms with Crippen molar-refractivity contribution in [1.29, 1.82) is 0 Å². The highest BCUT2D eigenvalue weighted by atomic mass is 15.3. The smallest absolute Gasteiger partial charge is 0.225 e. The van der Waals surface area contributed by atoms with Crippen LogP contribution in [-0.4, -0.2) is 46.0 Å². The van der Waals surface area contributed by atoms with Crippen LogP contribution in [-0.2, 0) is 6.54 Å². The lowest BCUT2D eigenvalue weighted by Crippen LogP contribution is -2.46. The fourth-order valence-electron chi connectivity index (χ4n) is 2.94. The minimum atomic E-state index is 0.458. The van der Waals surface area contributed by atoms with Gasteiger partial charge in [-0.3, -0.25) is 9.88 Å². The number of piperidine rings is 1. The van der Waals surface area contributed by atoms with Crippen LogP contribution in [0, 0.1) is 6.92 Å². The van der Waals surface area contributed by atoms with Crippen LogP contribution in [0.5, 0.6) is 0 Å². The van der Waals surface area contributed by atoms with E-state index >= 15 is 0 Å². The Morgan fingerprint density at radius 1 is 1.23 bits per heavy atom. The minimum absolute atomic E-state index is 0.458. The summed E-state index contributed by atoms with van der Waals surface area (Å²) in [4.78, 5) is 18.0. The van der Waals surface area contributed by atoms with E-state index in [9.17, 15) is 0 Å². The topological polar surface area (TPSA) is 45.2 Å². The highest BCUT2D eigenvalue weighted by Crippen LogP contribution is 2.19. The van der Waals surface area contributed by atoms with Gasteiger partial charge in [-0.25, -0.2) is 9.97 Å². The Bertz CT molecular complexity index is 584. The molecule has 2 aromatic heterocycles. The second-order valence-corrected chi connectivity index (χ2v) is 6.02. The summed E-state index contributed by atoms with van der Waals surface area (Å²) in [5, 5.41) is 0. The average molecular weight is 297 g/mol. The van der Waals surface area contributed by atoms with Crippen LogP contribution in [0.15, 0.2) is 36.8 Å². The van der Waals surface area contributed by atoms with Crippen LogP contribution in [0.1, 0.15) is 24.1 Å². The standard InChI is InChI=1S/C17H23N5/c1-14-10-19-17(20-11-14)21(2)16-7-5-9-22(13-16)12-15-6-3-4-8-18-15/h3-4,6,8,10-11,16H,5,7,9,12-13H2,1-2H3. The van der Waals surface area contributed by atoms with Crippen LogP contribution in [0.4, 0.5) is 5.95 Å². The lowest BCUT2D eigenvalue weighted by atomic mass is 10.0. The molecule has 1 atom stereocenters. The first-order chi connectivity index (χ1) is 10.7. The minimum Gasteiger partial charge on any atom is -0.340 e. The highest BCUT2D eigenvalue weighted by molar-refractivity contribution is 5.30. The van der Waals surface area contributed by atoms with Crippen LogP contribution in [0.2, 0.25) is 0 Å². The Morgan fingerprint density at radius 2 is 2.05 bits per heavy atom. The normalized spacial score (nSPS) is 19.1. The molecule has 1 aliphatic rings. The van der Waals surface area contributed by atoms with Gasteiger partial charge >= 0.3 is 0 Å². The number of nitrogens with zero attached hydrogens (tertiary/aromatic N) is 5. The summed E-state index contributed by atoms with van der Waals surface area (Å²) >= 11 is 0. The molecule has 3 rings (SSSR count). The maximum absolute atomic E-state index is 4.45. The largest absolute Gasteiger partial charge is 0.340 e. The lowest BCUT2D eigenvalue weighted by molar-refractivity contribution is 0.196. The summed E-state index contributed by atoms with van der Waals surface area (Å²) in [6, 6.07) is 6.57. The quantitative estimate of drug-likeness (QED) is 0.866. The van der Waals surface area contributed by atoms with Crippen molar-refractivity contribution in [2.75, 3.05) is 25.0 Å². The van der Waals surface area contributed by atoms with E-state index in [1.807, 2.05) is 31.6 Å². The summed E-state index contributed by atoms with van der Waals surface area (Å²) in [7, 11) is 2.10. The van der Waals surface area contributed by atoms with E-state index < -0.39 is 0 Å². The maximum atomic E-state index is 4.45. The fraction of sp³-hybridized carbons (Fsp3) is 0.471. The highest BCUT2D eigenvalue weighted by Gasteiger charge is 2.24. The van der Waals surface area contributed by atoms with Crippen molar-refractivity contribution in [1.82, 2.24) is 19.9 Å². The number of pyridine rings is 1. The molecule has 1 unspecified atom stereocenters. The van der Waals surface area contributed by atoms with E-state index in [4.69, 9.17) is 0 Å². The van der Waals surface area contributed by atoms with E-state index in [-0.39, 0.29) is 0 Å². The first kappa shape index (κ1) is 14.9. The van der Waals surface area contributed by atoms with Crippen molar-refractivity contribution in [2.45, 2.75) is 32.4 Å². The van der Waals surface area contributed by atoms with Crippen LogP contribution < -0.4 is 4.90 Å². The third-order valence-electron chi connectivity index (χ3n) is 4.22. The molecular weight excluding hydrogens is 274 g/mol. The number of likely N-dealkylation sites (N-methyl/N-ethyl adjacent to an activating group) is 1. The third-order valence-corrected chi connectivity index (χ3v) is 4.22. The summed E-state index contributed by atoms with van der Waals surface area (Å²) in [6.07, 6.45) is 8.02. The number of hydrogen-bond donors (Lipinski definition) is 0. The molecule has 2 aromatic rings. The van der Waals surface area contributed by atoms with Gasteiger partial charge in [0.1, 0.15) is 0 Å². The molecule has 3 heterocycles. The first-order valence-corrected chi connectivity index (χ1v) is 7.86. The van der Waals surface area contributed by atoms with E-state index in [1.54, 1.807) is 0 Å². The second-order valence-electron chi connectivity index (χ2n) is 6.02. The van der Waals surface area contributed by atoms with Crippen molar-refractivity contribution in [3.63, 3.8) is 0 Å². The fourth-order valence-corrected chi connectivity index (χ4v) is 2.94. The Balaban J connectivity index is 1.63. The van der Waals surface area contributed by atoms with Crippen LogP contribution in [0.25, 0.3) is 0 Å². The number of rotatable bonds is 4. The zero-order valence-corrected chi connectivity index (χ0v) is 13.3. The summed E-state index contributed by atoms with van der Waals surface area (Å²) in [6.45, 7) is 5.10. The van der Waals surface area contributed by atoms with Gasteiger partial charge in [-0.1, -0.05) is 6.07 Å². The second kappa shape index (κ2) is 6.83. The molecule has 0 spiro atoms. The Kier molecular flexibility index (Phi) is 4.63. The number of aryl methyl sites for hydroxylation is 1. The van der Waals surface area contributed by atoms with Gasteiger partial charge in [0.25, 0.3) is 0 Å². The SMILES string of the molecule is Cc1cnc(N(C)C2CCCN(Cc3ccccn3)C2)nc1. The van der Waals surface area contributed by atoms with Gasteiger partial charge in [0.15, 0.2) is 0 Å². The van der Waals surface area contributed by atoms with Crippen molar-refractivity contribution in [3.05, 3.63) is 48.0 Å². The predicted molar refractivity (Wildman–Crippen MR) is 87.7 cm³/mol. The maximum Gasteiger partial charge on any atom is 0.225 e. The lowest BCUT2D eigenvalue weighted by Gasteiger charge is -2.37. The van der Waals surface area contributed by atoms with Gasteiger partial charge in [-0.15, -0.1) is 0 Å². The Morgan fingerprint density at radius 3 is 2.77 bits per heavy atom. The Labute approximate surface area is 132 Å². The molecule has 0 aliphatic carbocycles. The average Bonchev–Trinajstić information content (AvgIpc) is 2.56. The third kappa shape index (κ3) is 3.60. The van der Waals surface area contributed by atoms with Gasteiger partial charge in [0.2, 0.25) is 5.95 Å². The molecule has 1 saturated heterocycles. The van der Waals surface area contributed by atoms with E-state index in [1.165, 1.54) is 12.8 Å². The van der Waals surface area contributed by atoms with Crippen molar-refractivity contribution in [2.24, 2.45) is 0 Å². The van der Waals surface area contributed by atoms with E-state index in [0.29, 0.717) is 6.04 Å². The monoisotopic (exact) mass is 297 g/mol.